The average molecular weight is 187 g/mol. The first-order valence-corrected chi connectivity index (χ1v) is 5.33. The second-order valence-corrected chi connectivity index (χ2v) is 3.80. The zero-order valence-corrected chi connectivity index (χ0v) is 8.66. The minimum absolute atomic E-state index is 0.429. The second kappa shape index (κ2) is 4.43. The van der Waals surface area contributed by atoms with E-state index in [0.717, 1.165) is 0 Å². The molecular formula is C13H17N. The SMILES string of the molecule is CNC(C1=CCCC1)c1ccccc1. The normalized spacial score (nSPS) is 17.9. The standard InChI is InChI=1S/C13H17N/c1-14-13(12-9-5-6-10-12)11-7-3-2-4-8-11/h2-4,7-9,13-14H,5-6,10H2,1H3. The summed E-state index contributed by atoms with van der Waals surface area (Å²) in [6.07, 6.45) is 6.20. The Hall–Kier alpha value is -1.08. The van der Waals surface area contributed by atoms with Gasteiger partial charge in [-0.1, -0.05) is 42.0 Å². The quantitative estimate of drug-likeness (QED) is 0.717. The Morgan fingerprint density at radius 2 is 2.00 bits per heavy atom. The second-order valence-electron chi connectivity index (χ2n) is 3.80. The first-order chi connectivity index (χ1) is 6.92. The molecule has 1 atom stereocenters. The lowest BCUT2D eigenvalue weighted by Gasteiger charge is -2.18. The maximum atomic E-state index is 3.39. The number of likely N-dealkylation sites (N-methyl/N-ethyl adjacent to an activating group) is 1. The van der Waals surface area contributed by atoms with Crippen LogP contribution < -0.4 is 5.32 Å². The van der Waals surface area contributed by atoms with Crippen LogP contribution in [-0.2, 0) is 0 Å². The van der Waals surface area contributed by atoms with Crippen LogP contribution in [0.2, 0.25) is 0 Å². The third-order valence-corrected chi connectivity index (χ3v) is 2.87. The number of benzene rings is 1. The lowest BCUT2D eigenvalue weighted by Crippen LogP contribution is -2.17. The lowest BCUT2D eigenvalue weighted by atomic mass is 9.98. The Bertz CT molecular complexity index is 313. The number of hydrogen-bond donors (Lipinski definition) is 1. The molecule has 1 N–H and O–H groups in total. The van der Waals surface area contributed by atoms with E-state index in [2.05, 4.69) is 41.7 Å². The maximum Gasteiger partial charge on any atom is 0.0533 e. The van der Waals surface area contributed by atoms with Crippen LogP contribution in [-0.4, -0.2) is 7.05 Å². The van der Waals surface area contributed by atoms with Gasteiger partial charge in [-0.2, -0.15) is 0 Å². The topological polar surface area (TPSA) is 12.0 Å². The number of allylic oxidation sites excluding steroid dienone is 1. The molecule has 14 heavy (non-hydrogen) atoms. The molecule has 0 saturated heterocycles. The highest BCUT2D eigenvalue weighted by atomic mass is 14.9. The molecule has 0 amide bonds. The molecule has 1 aromatic rings. The Kier molecular flexibility index (Phi) is 3.00. The highest BCUT2D eigenvalue weighted by Gasteiger charge is 2.16. The third-order valence-electron chi connectivity index (χ3n) is 2.87. The summed E-state index contributed by atoms with van der Waals surface area (Å²) >= 11 is 0. The molecule has 0 bridgehead atoms. The number of nitrogens with one attached hydrogen (secondary N) is 1. The maximum absolute atomic E-state index is 3.39. The molecule has 1 heteroatoms. The van der Waals surface area contributed by atoms with Crippen molar-refractivity contribution in [2.24, 2.45) is 0 Å². The molecule has 1 nitrogen and oxygen atoms in total. The van der Waals surface area contributed by atoms with Crippen molar-refractivity contribution in [1.82, 2.24) is 5.32 Å². The van der Waals surface area contributed by atoms with E-state index in [9.17, 15) is 0 Å². The highest BCUT2D eigenvalue weighted by Crippen LogP contribution is 2.29. The van der Waals surface area contributed by atoms with Crippen LogP contribution in [0.4, 0.5) is 0 Å². The fourth-order valence-corrected chi connectivity index (χ4v) is 2.17. The summed E-state index contributed by atoms with van der Waals surface area (Å²) in [7, 11) is 2.04. The van der Waals surface area contributed by atoms with E-state index in [-0.39, 0.29) is 0 Å². The molecule has 0 heterocycles. The zero-order chi connectivity index (χ0) is 9.80. The van der Waals surface area contributed by atoms with E-state index >= 15 is 0 Å². The minimum Gasteiger partial charge on any atom is -0.310 e. The Balaban J connectivity index is 2.21. The molecule has 0 radical (unpaired) electrons. The van der Waals surface area contributed by atoms with Gasteiger partial charge >= 0.3 is 0 Å². The van der Waals surface area contributed by atoms with Gasteiger partial charge in [-0.25, -0.2) is 0 Å². The van der Waals surface area contributed by atoms with Crippen molar-refractivity contribution >= 4 is 0 Å². The lowest BCUT2D eigenvalue weighted by molar-refractivity contribution is 0.656. The van der Waals surface area contributed by atoms with Gasteiger partial charge in [-0.3, -0.25) is 0 Å². The van der Waals surface area contributed by atoms with E-state index in [4.69, 9.17) is 0 Å². The highest BCUT2D eigenvalue weighted by molar-refractivity contribution is 5.29. The zero-order valence-electron chi connectivity index (χ0n) is 8.66. The molecular weight excluding hydrogens is 170 g/mol. The van der Waals surface area contributed by atoms with Crippen molar-refractivity contribution in [2.45, 2.75) is 25.3 Å². The van der Waals surface area contributed by atoms with Gasteiger partial charge in [0.25, 0.3) is 0 Å². The molecule has 1 aliphatic carbocycles. The Morgan fingerprint density at radius 3 is 2.57 bits per heavy atom. The van der Waals surface area contributed by atoms with Crippen LogP contribution in [0.5, 0.6) is 0 Å². The molecule has 0 fully saturated rings. The molecule has 1 aliphatic rings. The van der Waals surface area contributed by atoms with E-state index in [1.807, 2.05) is 7.05 Å². The first kappa shape index (κ1) is 9.47. The van der Waals surface area contributed by atoms with Gasteiger partial charge in [0.15, 0.2) is 0 Å². The van der Waals surface area contributed by atoms with E-state index in [1.54, 1.807) is 5.57 Å². The van der Waals surface area contributed by atoms with Crippen LogP contribution in [0, 0.1) is 0 Å². The summed E-state index contributed by atoms with van der Waals surface area (Å²) in [5.74, 6) is 0. The third kappa shape index (κ3) is 1.88. The van der Waals surface area contributed by atoms with Gasteiger partial charge in [-0.15, -0.1) is 0 Å². The van der Waals surface area contributed by atoms with Crippen LogP contribution in [0.3, 0.4) is 0 Å². The van der Waals surface area contributed by atoms with Crippen molar-refractivity contribution < 1.29 is 0 Å². The average Bonchev–Trinajstić information content (AvgIpc) is 2.74. The largest absolute Gasteiger partial charge is 0.310 e. The van der Waals surface area contributed by atoms with Crippen LogP contribution in [0.25, 0.3) is 0 Å². The van der Waals surface area contributed by atoms with Gasteiger partial charge in [0.1, 0.15) is 0 Å². The molecule has 0 spiro atoms. The van der Waals surface area contributed by atoms with Gasteiger partial charge in [0, 0.05) is 0 Å². The van der Waals surface area contributed by atoms with Crippen molar-refractivity contribution in [3.63, 3.8) is 0 Å². The Morgan fingerprint density at radius 1 is 1.21 bits per heavy atom. The predicted octanol–water partition coefficient (Wildman–Crippen LogP) is 3.06. The van der Waals surface area contributed by atoms with Gasteiger partial charge in [-0.05, 0) is 31.9 Å². The molecule has 2 rings (SSSR count). The number of rotatable bonds is 3. The van der Waals surface area contributed by atoms with Gasteiger partial charge in [0.05, 0.1) is 6.04 Å². The van der Waals surface area contributed by atoms with Gasteiger partial charge < -0.3 is 5.32 Å². The first-order valence-electron chi connectivity index (χ1n) is 5.33. The van der Waals surface area contributed by atoms with Crippen molar-refractivity contribution in [2.75, 3.05) is 7.05 Å². The molecule has 74 valence electrons. The van der Waals surface area contributed by atoms with Crippen molar-refractivity contribution in [3.05, 3.63) is 47.5 Å². The molecule has 1 unspecified atom stereocenters. The van der Waals surface area contributed by atoms with Crippen molar-refractivity contribution in [1.29, 1.82) is 0 Å². The van der Waals surface area contributed by atoms with Crippen LogP contribution in [0.1, 0.15) is 30.9 Å². The summed E-state index contributed by atoms with van der Waals surface area (Å²) in [4.78, 5) is 0. The van der Waals surface area contributed by atoms with E-state index in [0.29, 0.717) is 6.04 Å². The summed E-state index contributed by atoms with van der Waals surface area (Å²) in [5, 5.41) is 3.39. The molecule has 0 aliphatic heterocycles. The van der Waals surface area contributed by atoms with Crippen LogP contribution >= 0.6 is 0 Å². The Labute approximate surface area is 85.8 Å². The summed E-state index contributed by atoms with van der Waals surface area (Å²) < 4.78 is 0. The number of hydrogen-bond acceptors (Lipinski definition) is 1. The molecule has 1 aromatic carbocycles. The van der Waals surface area contributed by atoms with Crippen molar-refractivity contribution in [3.8, 4) is 0 Å². The molecule has 0 aromatic heterocycles. The summed E-state index contributed by atoms with van der Waals surface area (Å²) in [6.45, 7) is 0. The van der Waals surface area contributed by atoms with E-state index in [1.165, 1.54) is 24.8 Å². The smallest absolute Gasteiger partial charge is 0.0533 e. The molecule has 0 saturated carbocycles. The fourth-order valence-electron chi connectivity index (χ4n) is 2.17. The van der Waals surface area contributed by atoms with Gasteiger partial charge in [0.2, 0.25) is 0 Å². The fraction of sp³-hybridized carbons (Fsp3) is 0.385. The summed E-state index contributed by atoms with van der Waals surface area (Å²) in [6, 6.07) is 11.1. The predicted molar refractivity (Wildman–Crippen MR) is 60.2 cm³/mol. The minimum atomic E-state index is 0.429. The summed E-state index contributed by atoms with van der Waals surface area (Å²) in [5.41, 5.74) is 2.93. The van der Waals surface area contributed by atoms with Crippen LogP contribution in [0.15, 0.2) is 42.0 Å². The monoisotopic (exact) mass is 187 g/mol. The van der Waals surface area contributed by atoms with E-state index < -0.39 is 0 Å².